The number of nitrogens with zero attached hydrogens (tertiary/aromatic N) is 1. The van der Waals surface area contributed by atoms with Crippen LogP contribution in [0, 0.1) is 0 Å². The Bertz CT molecular complexity index is 876. The largest absolute Gasteiger partial charge is 0.383 e. The lowest BCUT2D eigenvalue weighted by atomic mass is 10.1. The molecule has 2 atom stereocenters. The molecule has 0 bridgehead atoms. The second-order valence-electron chi connectivity index (χ2n) is 9.37. The Hall–Kier alpha value is -2.78. The third kappa shape index (κ3) is 7.60. The van der Waals surface area contributed by atoms with E-state index in [1.807, 2.05) is 24.3 Å². The molecule has 2 fully saturated rings. The van der Waals surface area contributed by atoms with Crippen LogP contribution in [0.2, 0.25) is 0 Å². The van der Waals surface area contributed by atoms with Crippen molar-refractivity contribution in [3.05, 3.63) is 59.7 Å². The quantitative estimate of drug-likeness (QED) is 0.396. The Morgan fingerprint density at radius 1 is 0.829 bits per heavy atom. The van der Waals surface area contributed by atoms with Crippen LogP contribution in [0.3, 0.4) is 0 Å². The minimum atomic E-state index is -0.0849. The normalized spacial score (nSPS) is 19.7. The molecule has 0 radical (unpaired) electrons. The zero-order valence-electron chi connectivity index (χ0n) is 20.5. The maximum Gasteiger partial charge on any atom is 0.241 e. The SMILES string of the molecule is COCCN(Cc1ccc(NC(=O)[C@@H]2CCCN2)cc1)Cc1ccc(NC(=O)[C@@H]2CCCN2)cc1. The van der Waals surface area contributed by atoms with Gasteiger partial charge >= 0.3 is 0 Å². The van der Waals surface area contributed by atoms with Crippen molar-refractivity contribution in [2.75, 3.05) is 44.0 Å². The summed E-state index contributed by atoms with van der Waals surface area (Å²) in [6.07, 6.45) is 3.88. The summed E-state index contributed by atoms with van der Waals surface area (Å²) in [5.41, 5.74) is 3.99. The van der Waals surface area contributed by atoms with Crippen molar-refractivity contribution < 1.29 is 14.3 Å². The first-order valence-corrected chi connectivity index (χ1v) is 12.6. The van der Waals surface area contributed by atoms with E-state index in [1.165, 1.54) is 11.1 Å². The summed E-state index contributed by atoms with van der Waals surface area (Å²) in [5, 5.41) is 12.5. The average Bonchev–Trinajstić information content (AvgIpc) is 3.60. The molecule has 0 aromatic heterocycles. The number of hydrogen-bond acceptors (Lipinski definition) is 6. The molecule has 35 heavy (non-hydrogen) atoms. The third-order valence-corrected chi connectivity index (χ3v) is 6.62. The van der Waals surface area contributed by atoms with E-state index in [9.17, 15) is 9.59 Å². The molecule has 8 heteroatoms. The van der Waals surface area contributed by atoms with Gasteiger partial charge in [-0.1, -0.05) is 24.3 Å². The van der Waals surface area contributed by atoms with Crippen molar-refractivity contribution in [1.82, 2.24) is 15.5 Å². The first kappa shape index (κ1) is 25.3. The fourth-order valence-electron chi connectivity index (χ4n) is 4.61. The molecule has 2 aromatic rings. The fraction of sp³-hybridized carbons (Fsp3) is 0.481. The summed E-state index contributed by atoms with van der Waals surface area (Å²) in [4.78, 5) is 27.0. The molecule has 0 saturated carbocycles. The fourth-order valence-corrected chi connectivity index (χ4v) is 4.61. The lowest BCUT2D eigenvalue weighted by molar-refractivity contribution is -0.118. The van der Waals surface area contributed by atoms with Crippen LogP contribution in [0.5, 0.6) is 0 Å². The van der Waals surface area contributed by atoms with Crippen LogP contribution in [0.1, 0.15) is 36.8 Å². The zero-order chi connectivity index (χ0) is 24.5. The standard InChI is InChI=1S/C27H37N5O3/c1-35-17-16-32(18-20-6-10-22(11-7-20)30-26(33)24-4-2-14-28-24)19-21-8-12-23(13-9-21)31-27(34)25-5-3-15-29-25/h6-13,24-25,28-29H,2-5,14-19H2,1H3,(H,30,33)(H,31,34)/t24-,25-/m0/s1. The molecule has 0 aliphatic carbocycles. The minimum absolute atomic E-state index is 0.0381. The summed E-state index contributed by atoms with van der Waals surface area (Å²) in [5.74, 6) is 0.0761. The van der Waals surface area contributed by atoms with Crippen molar-refractivity contribution in [3.63, 3.8) is 0 Å². The van der Waals surface area contributed by atoms with Crippen molar-refractivity contribution >= 4 is 23.2 Å². The van der Waals surface area contributed by atoms with Gasteiger partial charge in [-0.2, -0.15) is 0 Å². The lowest BCUT2D eigenvalue weighted by Crippen LogP contribution is -2.35. The summed E-state index contributed by atoms with van der Waals surface area (Å²) in [6.45, 7) is 4.80. The molecule has 8 nitrogen and oxygen atoms in total. The molecule has 0 unspecified atom stereocenters. The molecule has 4 N–H and O–H groups in total. The van der Waals surface area contributed by atoms with Gasteiger partial charge in [0.2, 0.25) is 11.8 Å². The Morgan fingerprint density at radius 2 is 1.29 bits per heavy atom. The third-order valence-electron chi connectivity index (χ3n) is 6.62. The van der Waals surface area contributed by atoms with Crippen LogP contribution in [0.25, 0.3) is 0 Å². The van der Waals surface area contributed by atoms with Crippen LogP contribution in [-0.2, 0) is 27.4 Å². The molecule has 2 aliphatic heterocycles. The minimum Gasteiger partial charge on any atom is -0.383 e. The molecule has 2 heterocycles. The molecule has 2 amide bonds. The Labute approximate surface area is 207 Å². The summed E-state index contributed by atoms with van der Waals surface area (Å²) < 4.78 is 5.32. The molecule has 4 rings (SSSR count). The van der Waals surface area contributed by atoms with Crippen LogP contribution in [0.4, 0.5) is 11.4 Å². The summed E-state index contributed by atoms with van der Waals surface area (Å²) in [7, 11) is 1.71. The molecular formula is C27H37N5O3. The maximum absolute atomic E-state index is 12.3. The molecule has 188 valence electrons. The van der Waals surface area contributed by atoms with Gasteiger partial charge in [-0.05, 0) is 74.2 Å². The van der Waals surface area contributed by atoms with Crippen LogP contribution >= 0.6 is 0 Å². The number of methoxy groups -OCH3 is 1. The van der Waals surface area contributed by atoms with Gasteiger partial charge in [0, 0.05) is 38.1 Å². The first-order chi connectivity index (χ1) is 17.1. The van der Waals surface area contributed by atoms with Crippen LogP contribution < -0.4 is 21.3 Å². The first-order valence-electron chi connectivity index (χ1n) is 12.6. The number of hydrogen-bond donors (Lipinski definition) is 4. The smallest absolute Gasteiger partial charge is 0.241 e. The second kappa shape index (κ2) is 12.8. The highest BCUT2D eigenvalue weighted by molar-refractivity contribution is 5.95. The second-order valence-corrected chi connectivity index (χ2v) is 9.37. The van der Waals surface area contributed by atoms with Gasteiger partial charge in [0.15, 0.2) is 0 Å². The van der Waals surface area contributed by atoms with E-state index in [4.69, 9.17) is 4.74 Å². The number of rotatable bonds is 11. The van der Waals surface area contributed by atoms with Gasteiger partial charge in [0.1, 0.15) is 0 Å². The van der Waals surface area contributed by atoms with Crippen molar-refractivity contribution in [3.8, 4) is 0 Å². The van der Waals surface area contributed by atoms with Gasteiger partial charge in [0.25, 0.3) is 0 Å². The summed E-state index contributed by atoms with van der Waals surface area (Å²) >= 11 is 0. The van der Waals surface area contributed by atoms with Crippen molar-refractivity contribution in [2.24, 2.45) is 0 Å². The maximum atomic E-state index is 12.3. The highest BCUT2D eigenvalue weighted by Gasteiger charge is 2.22. The van der Waals surface area contributed by atoms with E-state index in [1.54, 1.807) is 7.11 Å². The molecule has 0 spiro atoms. The average molecular weight is 480 g/mol. The van der Waals surface area contributed by atoms with Crippen molar-refractivity contribution in [1.29, 1.82) is 0 Å². The van der Waals surface area contributed by atoms with Crippen molar-refractivity contribution in [2.45, 2.75) is 50.9 Å². The van der Waals surface area contributed by atoms with Gasteiger partial charge in [-0.15, -0.1) is 0 Å². The highest BCUT2D eigenvalue weighted by Crippen LogP contribution is 2.17. The van der Waals surface area contributed by atoms with E-state index in [0.29, 0.717) is 6.61 Å². The Morgan fingerprint density at radius 3 is 1.66 bits per heavy atom. The Balaban J connectivity index is 1.31. The number of anilines is 2. The number of ether oxygens (including phenoxy) is 1. The number of carbonyl (C=O) groups excluding carboxylic acids is 2. The Kier molecular flexibility index (Phi) is 9.25. The predicted molar refractivity (Wildman–Crippen MR) is 138 cm³/mol. The number of benzene rings is 2. The van der Waals surface area contributed by atoms with E-state index in [0.717, 1.165) is 69.8 Å². The number of carbonyl (C=O) groups is 2. The van der Waals surface area contributed by atoms with E-state index in [2.05, 4.69) is 50.4 Å². The topological polar surface area (TPSA) is 94.7 Å². The van der Waals surface area contributed by atoms with Gasteiger partial charge in [0.05, 0.1) is 18.7 Å². The molecule has 2 aromatic carbocycles. The van der Waals surface area contributed by atoms with Crippen LogP contribution in [-0.4, -0.2) is 62.1 Å². The summed E-state index contributed by atoms with van der Waals surface area (Å²) in [6, 6.07) is 15.9. The van der Waals surface area contributed by atoms with Gasteiger partial charge in [-0.25, -0.2) is 0 Å². The molecular weight excluding hydrogens is 442 g/mol. The molecule has 2 aliphatic rings. The molecule has 2 saturated heterocycles. The monoisotopic (exact) mass is 479 g/mol. The van der Waals surface area contributed by atoms with E-state index in [-0.39, 0.29) is 23.9 Å². The lowest BCUT2D eigenvalue weighted by Gasteiger charge is -2.22. The van der Waals surface area contributed by atoms with E-state index >= 15 is 0 Å². The highest BCUT2D eigenvalue weighted by atomic mass is 16.5. The van der Waals surface area contributed by atoms with Crippen LogP contribution in [0.15, 0.2) is 48.5 Å². The zero-order valence-corrected chi connectivity index (χ0v) is 20.5. The van der Waals surface area contributed by atoms with Gasteiger partial charge < -0.3 is 26.0 Å². The number of amides is 2. The van der Waals surface area contributed by atoms with Gasteiger partial charge in [-0.3, -0.25) is 14.5 Å². The number of nitrogens with one attached hydrogen (secondary N) is 4. The van der Waals surface area contributed by atoms with E-state index < -0.39 is 0 Å². The predicted octanol–water partition coefficient (Wildman–Crippen LogP) is 2.72.